The minimum atomic E-state index is -4.60. The van der Waals surface area contributed by atoms with Crippen LogP contribution in [0.15, 0.2) is 97.9 Å². The first-order chi connectivity index (χ1) is 22.3. The van der Waals surface area contributed by atoms with Gasteiger partial charge in [-0.05, 0) is 67.9 Å². The van der Waals surface area contributed by atoms with E-state index in [-0.39, 0.29) is 16.9 Å². The van der Waals surface area contributed by atoms with Crippen LogP contribution in [0, 0.1) is 13.8 Å². The average Bonchev–Trinajstić information content (AvgIpc) is 3.47. The van der Waals surface area contributed by atoms with Gasteiger partial charge in [0.1, 0.15) is 0 Å². The van der Waals surface area contributed by atoms with Crippen LogP contribution < -0.4 is 10.6 Å². The molecule has 0 bridgehead atoms. The lowest BCUT2D eigenvalue weighted by Gasteiger charge is -2.14. The number of nitrogens with zero attached hydrogens (tertiary/aromatic N) is 5. The standard InChI is InChI=1S/C28H22F3N7O.C4H4O4/c1-17-5-6-19(10-25(17)37-27-33-9-7-24(36-27)20-4-3-8-32-14-20)26(39)35-22-11-21(28(29,30)31)12-23(13-22)38-15-18(2)34-16-38;5-3(6)1-2-4(7)8/h3-16H,1-2H3,(H,35,39)(H,33,36,37);1-2H,(H,5,6)(H,7,8)/b;2-1+. The Morgan fingerprint density at radius 2 is 1.66 bits per heavy atom. The number of rotatable bonds is 8. The molecule has 12 nitrogen and oxygen atoms in total. The number of aryl methyl sites for hydroxylation is 2. The van der Waals surface area contributed by atoms with E-state index in [1.807, 2.05) is 13.0 Å². The molecule has 0 atom stereocenters. The Morgan fingerprint density at radius 3 is 2.28 bits per heavy atom. The van der Waals surface area contributed by atoms with Gasteiger partial charge in [-0.25, -0.2) is 24.5 Å². The third kappa shape index (κ3) is 9.55. The van der Waals surface area contributed by atoms with Crippen molar-refractivity contribution >= 4 is 35.2 Å². The first-order valence-electron chi connectivity index (χ1n) is 13.6. The molecule has 2 aromatic carbocycles. The molecule has 0 aliphatic carbocycles. The quantitative estimate of drug-likeness (QED) is 0.145. The predicted molar refractivity (Wildman–Crippen MR) is 165 cm³/mol. The number of alkyl halides is 3. The number of aromatic nitrogens is 5. The number of pyridine rings is 1. The molecule has 3 heterocycles. The number of nitrogens with one attached hydrogen (secondary N) is 2. The zero-order chi connectivity index (χ0) is 34.1. The highest BCUT2D eigenvalue weighted by Gasteiger charge is 2.31. The number of anilines is 3. The first-order valence-corrected chi connectivity index (χ1v) is 13.6. The molecule has 15 heteroatoms. The summed E-state index contributed by atoms with van der Waals surface area (Å²) in [5.41, 5.74) is 3.09. The molecule has 1 amide bonds. The Balaban J connectivity index is 0.000000555. The van der Waals surface area contributed by atoms with Gasteiger partial charge in [-0.2, -0.15) is 13.2 Å². The molecule has 0 saturated heterocycles. The fraction of sp³-hybridized carbons (Fsp3) is 0.0938. The summed E-state index contributed by atoms with van der Waals surface area (Å²) in [6.07, 6.45) is 4.50. The minimum Gasteiger partial charge on any atom is -0.478 e. The molecule has 5 aromatic rings. The molecule has 0 aliphatic heterocycles. The number of amides is 1. The van der Waals surface area contributed by atoms with Crippen molar-refractivity contribution in [3.8, 4) is 16.9 Å². The zero-order valence-corrected chi connectivity index (χ0v) is 24.7. The van der Waals surface area contributed by atoms with E-state index < -0.39 is 29.6 Å². The normalized spacial score (nSPS) is 11.0. The number of carboxylic acids is 2. The zero-order valence-electron chi connectivity index (χ0n) is 24.7. The summed E-state index contributed by atoms with van der Waals surface area (Å²) in [4.78, 5) is 49.2. The average molecular weight is 646 g/mol. The molecule has 4 N–H and O–H groups in total. The molecule has 5 rings (SSSR count). The van der Waals surface area contributed by atoms with Gasteiger partial charge in [0.25, 0.3) is 5.91 Å². The highest BCUT2D eigenvalue weighted by atomic mass is 19.4. The molecule has 0 aliphatic rings. The predicted octanol–water partition coefficient (Wildman–Crippen LogP) is 6.07. The van der Waals surface area contributed by atoms with Crippen molar-refractivity contribution in [1.82, 2.24) is 24.5 Å². The SMILES string of the molecule is Cc1cn(-c2cc(NC(=O)c3ccc(C)c(Nc4nccc(-c5cccnc5)n4)c3)cc(C(F)(F)F)c2)cn1.O=C(O)/C=C/C(=O)O. The molecule has 0 saturated carbocycles. The van der Waals surface area contributed by atoms with E-state index in [1.165, 1.54) is 17.0 Å². The fourth-order valence-electron chi connectivity index (χ4n) is 4.02. The van der Waals surface area contributed by atoms with Crippen molar-refractivity contribution in [1.29, 1.82) is 0 Å². The van der Waals surface area contributed by atoms with Gasteiger partial charge in [0, 0.05) is 65.1 Å². The van der Waals surface area contributed by atoms with E-state index in [0.29, 0.717) is 35.2 Å². The molecule has 3 aromatic heterocycles. The monoisotopic (exact) mass is 645 g/mol. The maximum Gasteiger partial charge on any atom is 0.416 e. The lowest BCUT2D eigenvalue weighted by Crippen LogP contribution is -2.14. The molecule has 0 unspecified atom stereocenters. The molecule has 0 spiro atoms. The van der Waals surface area contributed by atoms with Gasteiger partial charge in [0.05, 0.1) is 23.3 Å². The Kier molecular flexibility index (Phi) is 10.4. The van der Waals surface area contributed by atoms with Gasteiger partial charge >= 0.3 is 18.1 Å². The minimum absolute atomic E-state index is 0.00114. The number of aliphatic carboxylic acids is 2. The van der Waals surface area contributed by atoms with Crippen molar-refractivity contribution in [2.24, 2.45) is 0 Å². The summed E-state index contributed by atoms with van der Waals surface area (Å²) in [6.45, 7) is 3.58. The van der Waals surface area contributed by atoms with Crippen molar-refractivity contribution in [3.05, 3.63) is 120 Å². The van der Waals surface area contributed by atoms with Crippen LogP contribution >= 0.6 is 0 Å². The number of halogens is 3. The van der Waals surface area contributed by atoms with Gasteiger partial charge in [0.2, 0.25) is 5.95 Å². The van der Waals surface area contributed by atoms with E-state index in [2.05, 4.69) is 30.6 Å². The molecule has 240 valence electrons. The Labute approximate surface area is 265 Å². The highest BCUT2D eigenvalue weighted by Crippen LogP contribution is 2.33. The largest absolute Gasteiger partial charge is 0.478 e. The maximum atomic E-state index is 13.6. The summed E-state index contributed by atoms with van der Waals surface area (Å²) >= 11 is 0. The van der Waals surface area contributed by atoms with E-state index in [1.54, 1.807) is 62.0 Å². The number of carboxylic acid groups (broad SMARTS) is 2. The Bertz CT molecular complexity index is 1930. The van der Waals surface area contributed by atoms with Gasteiger partial charge in [0.15, 0.2) is 0 Å². The van der Waals surface area contributed by atoms with Crippen LogP contribution in [0.3, 0.4) is 0 Å². The number of imidazole rings is 1. The van der Waals surface area contributed by atoms with Crippen LogP contribution in [0.2, 0.25) is 0 Å². The van der Waals surface area contributed by atoms with Crippen molar-refractivity contribution in [3.63, 3.8) is 0 Å². The summed E-state index contributed by atoms with van der Waals surface area (Å²) < 4.78 is 42.3. The molecular formula is C32H26F3N7O5. The van der Waals surface area contributed by atoms with Crippen molar-refractivity contribution in [2.75, 3.05) is 10.6 Å². The second-order valence-corrected chi connectivity index (χ2v) is 9.81. The number of hydrogen-bond donors (Lipinski definition) is 4. The lowest BCUT2D eigenvalue weighted by molar-refractivity contribution is -0.137. The number of hydrogen-bond acceptors (Lipinski definition) is 8. The maximum absolute atomic E-state index is 13.6. The summed E-state index contributed by atoms with van der Waals surface area (Å²) in [7, 11) is 0. The van der Waals surface area contributed by atoms with Gasteiger partial charge < -0.3 is 25.4 Å². The number of carbonyl (C=O) groups excluding carboxylic acids is 1. The van der Waals surface area contributed by atoms with Crippen LogP contribution in [-0.2, 0) is 15.8 Å². The Hall–Kier alpha value is -6.38. The summed E-state index contributed by atoms with van der Waals surface area (Å²) in [5.74, 6) is -2.77. The third-order valence-corrected chi connectivity index (χ3v) is 6.24. The highest BCUT2D eigenvalue weighted by molar-refractivity contribution is 6.05. The van der Waals surface area contributed by atoms with E-state index >= 15 is 0 Å². The van der Waals surface area contributed by atoms with Crippen LogP contribution in [0.25, 0.3) is 16.9 Å². The summed E-state index contributed by atoms with van der Waals surface area (Å²) in [5, 5.41) is 21.3. The van der Waals surface area contributed by atoms with Crippen LogP contribution in [0.4, 0.5) is 30.5 Å². The molecule has 47 heavy (non-hydrogen) atoms. The second-order valence-electron chi connectivity index (χ2n) is 9.81. The molecular weight excluding hydrogens is 619 g/mol. The van der Waals surface area contributed by atoms with Crippen molar-refractivity contribution < 1.29 is 37.8 Å². The smallest absolute Gasteiger partial charge is 0.416 e. The number of carbonyl (C=O) groups is 3. The van der Waals surface area contributed by atoms with Gasteiger partial charge in [-0.1, -0.05) is 6.07 Å². The van der Waals surface area contributed by atoms with Gasteiger partial charge in [-0.3, -0.25) is 9.78 Å². The van der Waals surface area contributed by atoms with E-state index in [4.69, 9.17) is 10.2 Å². The third-order valence-electron chi connectivity index (χ3n) is 6.24. The summed E-state index contributed by atoms with van der Waals surface area (Å²) in [6, 6.07) is 13.7. The second kappa shape index (κ2) is 14.6. The van der Waals surface area contributed by atoms with E-state index in [9.17, 15) is 27.6 Å². The number of benzene rings is 2. The molecule has 0 fully saturated rings. The van der Waals surface area contributed by atoms with Crippen molar-refractivity contribution in [2.45, 2.75) is 20.0 Å². The van der Waals surface area contributed by atoms with E-state index in [0.717, 1.165) is 23.3 Å². The Morgan fingerprint density at radius 1 is 0.915 bits per heavy atom. The van der Waals surface area contributed by atoms with Crippen LogP contribution in [0.1, 0.15) is 27.2 Å². The van der Waals surface area contributed by atoms with Crippen LogP contribution in [0.5, 0.6) is 0 Å². The fourth-order valence-corrected chi connectivity index (χ4v) is 4.02. The van der Waals surface area contributed by atoms with Gasteiger partial charge in [-0.15, -0.1) is 0 Å². The topological polar surface area (TPSA) is 172 Å². The van der Waals surface area contributed by atoms with Crippen LogP contribution in [-0.4, -0.2) is 52.6 Å². The molecule has 0 radical (unpaired) electrons. The first kappa shape index (κ1) is 33.5. The lowest BCUT2D eigenvalue weighted by atomic mass is 10.1.